The van der Waals surface area contributed by atoms with Crippen LogP contribution in [-0.2, 0) is 9.47 Å². The zero-order valence-corrected chi connectivity index (χ0v) is 26.1. The lowest BCUT2D eigenvalue weighted by molar-refractivity contribution is 0.127. The van der Waals surface area contributed by atoms with Gasteiger partial charge in [0.1, 0.15) is 0 Å². The minimum Gasteiger partial charge on any atom is -0.400 e. The van der Waals surface area contributed by atoms with Gasteiger partial charge in [-0.25, -0.2) is 0 Å². The van der Waals surface area contributed by atoms with Crippen LogP contribution in [-0.4, -0.2) is 74.3 Å². The third-order valence-electron chi connectivity index (χ3n) is 5.27. The van der Waals surface area contributed by atoms with E-state index in [-0.39, 0.29) is 31.1 Å². The number of hydrogen-bond acceptors (Lipinski definition) is 6. The Kier molecular flexibility index (Phi) is 128. The highest BCUT2D eigenvalue weighted by Gasteiger charge is 1.92. The number of aliphatic hydroxyl groups is 4. The molecule has 268 valence electrons. The van der Waals surface area contributed by atoms with Crippen LogP contribution in [0.5, 0.6) is 0 Å². The van der Waals surface area contributed by atoms with Crippen LogP contribution in [0.25, 0.3) is 0 Å². The average Bonchev–Trinajstić information content (AvgIpc) is 2.95. The standard InChI is InChI=1S/C13H28O2.C10H22O2.C4H10O.C4H6.CH4O.4CH4.H2/c1-2-3-12-15-13-10-8-6-4-5-7-9-11-14;1-12-10-8-6-4-2-3-5-7-9-11;1-2-3-4-5;1-3-4-2;1-2;;;;;/h14H,2-13H2,1H3;11H,2-10H2,1H3;5H,2-4H2,1H3;3-4H,1-2H2;2H,1H3;4*1H4;1H. The molecule has 0 aromatic rings. The summed E-state index contributed by atoms with van der Waals surface area (Å²) in [6.45, 7) is 14.8. The second-order valence-electron chi connectivity index (χ2n) is 8.90. The van der Waals surface area contributed by atoms with Crippen molar-refractivity contribution in [3.8, 4) is 0 Å². The molecule has 4 N–H and O–H groups in total. The van der Waals surface area contributed by atoms with Gasteiger partial charge < -0.3 is 29.9 Å². The first kappa shape index (κ1) is 64.2. The highest BCUT2D eigenvalue weighted by Crippen LogP contribution is 2.07. The molecule has 0 aliphatic rings. The second-order valence-corrected chi connectivity index (χ2v) is 8.90. The first-order valence-corrected chi connectivity index (χ1v) is 15.2. The Bertz CT molecular complexity index is 318. The smallest absolute Gasteiger partial charge is 0.0466 e. The molecule has 0 aliphatic heterocycles. The minimum absolute atomic E-state index is 0. The summed E-state index contributed by atoms with van der Waals surface area (Å²) in [5, 5.41) is 32.2. The van der Waals surface area contributed by atoms with E-state index in [0.29, 0.717) is 19.8 Å². The fourth-order valence-corrected chi connectivity index (χ4v) is 2.95. The molecule has 6 heteroatoms. The Morgan fingerprint density at radius 1 is 0.476 bits per heavy atom. The van der Waals surface area contributed by atoms with E-state index in [1.807, 2.05) is 0 Å². The Hall–Kier alpha value is -0.760. The van der Waals surface area contributed by atoms with Gasteiger partial charge in [-0.2, -0.15) is 0 Å². The molecular formula is C36H88O6. The second kappa shape index (κ2) is 83.5. The molecule has 0 aromatic heterocycles. The van der Waals surface area contributed by atoms with E-state index in [4.69, 9.17) is 29.9 Å². The lowest BCUT2D eigenvalue weighted by Crippen LogP contribution is -1.96. The summed E-state index contributed by atoms with van der Waals surface area (Å²) in [7, 11) is 2.75. The number of aliphatic hydroxyl groups excluding tert-OH is 4. The summed E-state index contributed by atoms with van der Waals surface area (Å²) < 4.78 is 10.4. The van der Waals surface area contributed by atoms with Gasteiger partial charge in [-0.15, -0.1) is 0 Å². The number of ether oxygens (including phenoxy) is 2. The zero-order chi connectivity index (χ0) is 29.8. The van der Waals surface area contributed by atoms with Crippen molar-refractivity contribution >= 4 is 0 Å². The molecule has 0 aliphatic carbocycles. The maximum Gasteiger partial charge on any atom is 0.0466 e. The average molecular weight is 617 g/mol. The van der Waals surface area contributed by atoms with Gasteiger partial charge in [0.25, 0.3) is 0 Å². The first-order chi connectivity index (χ1) is 18.7. The van der Waals surface area contributed by atoms with Crippen LogP contribution in [0.1, 0.15) is 161 Å². The van der Waals surface area contributed by atoms with Gasteiger partial charge in [-0.05, 0) is 38.5 Å². The van der Waals surface area contributed by atoms with Crippen LogP contribution in [0.15, 0.2) is 25.3 Å². The molecule has 0 rings (SSSR count). The van der Waals surface area contributed by atoms with Crippen molar-refractivity contribution in [3.05, 3.63) is 25.3 Å². The Morgan fingerprint density at radius 3 is 1.02 bits per heavy atom. The topological polar surface area (TPSA) is 99.4 Å². The highest BCUT2D eigenvalue weighted by molar-refractivity contribution is 4.88. The molecule has 0 fully saturated rings. The monoisotopic (exact) mass is 617 g/mol. The number of rotatable bonds is 24. The van der Waals surface area contributed by atoms with Gasteiger partial charge in [0.15, 0.2) is 0 Å². The maximum absolute atomic E-state index is 8.59. The van der Waals surface area contributed by atoms with Crippen LogP contribution in [0.2, 0.25) is 0 Å². The summed E-state index contributed by atoms with van der Waals surface area (Å²) in [5.74, 6) is 0. The quantitative estimate of drug-likeness (QED) is 0.0636. The van der Waals surface area contributed by atoms with Crippen LogP contribution in [0.3, 0.4) is 0 Å². The Labute approximate surface area is 269 Å². The summed E-state index contributed by atoms with van der Waals surface area (Å²) in [6.07, 6.45) is 24.8. The summed E-state index contributed by atoms with van der Waals surface area (Å²) in [4.78, 5) is 0. The normalized spacial score (nSPS) is 8.48. The fraction of sp³-hybridized carbons (Fsp3) is 0.889. The van der Waals surface area contributed by atoms with E-state index in [1.54, 1.807) is 19.3 Å². The largest absolute Gasteiger partial charge is 0.400 e. The number of methoxy groups -OCH3 is 1. The highest BCUT2D eigenvalue weighted by atomic mass is 16.5. The first-order valence-electron chi connectivity index (χ1n) is 15.2. The minimum atomic E-state index is 0. The molecule has 0 atom stereocenters. The van der Waals surface area contributed by atoms with Gasteiger partial charge >= 0.3 is 0 Å². The van der Waals surface area contributed by atoms with Gasteiger partial charge in [0, 0.05) is 55.3 Å². The summed E-state index contributed by atoms with van der Waals surface area (Å²) in [6, 6.07) is 0. The molecular weight excluding hydrogens is 528 g/mol. The van der Waals surface area contributed by atoms with Crippen LogP contribution < -0.4 is 0 Å². The Morgan fingerprint density at radius 2 is 0.762 bits per heavy atom. The predicted octanol–water partition coefficient (Wildman–Crippen LogP) is 10.4. The molecule has 0 unspecified atom stereocenters. The van der Waals surface area contributed by atoms with E-state index in [2.05, 4.69) is 27.0 Å². The van der Waals surface area contributed by atoms with Crippen LogP contribution in [0, 0.1) is 0 Å². The molecule has 0 amide bonds. The van der Waals surface area contributed by atoms with Crippen molar-refractivity contribution in [2.24, 2.45) is 0 Å². The summed E-state index contributed by atoms with van der Waals surface area (Å²) in [5.41, 5.74) is 0. The maximum atomic E-state index is 8.59. The zero-order valence-electron chi connectivity index (χ0n) is 26.1. The number of unbranched alkanes of at least 4 members (excludes halogenated alkanes) is 14. The van der Waals surface area contributed by atoms with Crippen LogP contribution in [0.4, 0.5) is 0 Å². The van der Waals surface area contributed by atoms with E-state index < -0.39 is 0 Å². The van der Waals surface area contributed by atoms with Gasteiger partial charge in [0.05, 0.1) is 0 Å². The fourth-order valence-electron chi connectivity index (χ4n) is 2.95. The Balaban J connectivity index is -0.0000000438. The van der Waals surface area contributed by atoms with E-state index >= 15 is 0 Å². The molecule has 0 bridgehead atoms. The van der Waals surface area contributed by atoms with Crippen molar-refractivity contribution in [3.63, 3.8) is 0 Å². The molecule has 0 aromatic carbocycles. The third-order valence-corrected chi connectivity index (χ3v) is 5.27. The molecule has 6 nitrogen and oxygen atoms in total. The molecule has 42 heavy (non-hydrogen) atoms. The van der Waals surface area contributed by atoms with Gasteiger partial charge in [-0.3, -0.25) is 0 Å². The van der Waals surface area contributed by atoms with Gasteiger partial charge in [0.2, 0.25) is 0 Å². The lowest BCUT2D eigenvalue weighted by Gasteiger charge is -2.03. The third kappa shape index (κ3) is 106. The van der Waals surface area contributed by atoms with Crippen molar-refractivity contribution < 1.29 is 31.3 Å². The molecule has 0 saturated heterocycles. The van der Waals surface area contributed by atoms with Crippen LogP contribution >= 0.6 is 0 Å². The van der Waals surface area contributed by atoms with E-state index in [1.165, 1.54) is 89.9 Å². The molecule has 0 radical (unpaired) electrons. The molecule has 0 saturated carbocycles. The molecule has 0 heterocycles. The van der Waals surface area contributed by atoms with Crippen molar-refractivity contribution in [2.75, 3.05) is 53.9 Å². The van der Waals surface area contributed by atoms with Crippen molar-refractivity contribution in [1.82, 2.24) is 0 Å². The van der Waals surface area contributed by atoms with Crippen molar-refractivity contribution in [2.45, 2.75) is 159 Å². The van der Waals surface area contributed by atoms with Crippen molar-refractivity contribution in [1.29, 1.82) is 0 Å². The lowest BCUT2D eigenvalue weighted by atomic mass is 10.1. The number of hydrogen-bond donors (Lipinski definition) is 4. The van der Waals surface area contributed by atoms with E-state index in [0.717, 1.165) is 52.6 Å². The SMILES string of the molecule is C.C.C.C.C=CC=C.CCCCO.CCCCOCCCCCCCCCO.CO.COCCCCCCCCCO.[HH]. The van der Waals surface area contributed by atoms with Gasteiger partial charge in [-0.1, -0.05) is 146 Å². The summed E-state index contributed by atoms with van der Waals surface area (Å²) >= 11 is 0. The van der Waals surface area contributed by atoms with E-state index in [9.17, 15) is 0 Å². The predicted molar refractivity (Wildman–Crippen MR) is 196 cm³/mol. The molecule has 0 spiro atoms. The number of allylic oxidation sites excluding steroid dienone is 2.